The molecule has 1 aliphatic rings. The summed E-state index contributed by atoms with van der Waals surface area (Å²) < 4.78 is 5.18. The van der Waals surface area contributed by atoms with E-state index in [4.69, 9.17) is 4.42 Å². The number of hydrogen-bond acceptors (Lipinski definition) is 4. The van der Waals surface area contributed by atoms with Gasteiger partial charge in [0.25, 0.3) is 11.8 Å². The molecule has 0 spiro atoms. The molecule has 2 heterocycles. The Morgan fingerprint density at radius 2 is 1.70 bits per heavy atom. The standard InChI is InChI=1S/C26H27N3O4/c1-18-8-10-19(11-9-18)17-27-25(31)21-5-2-3-6-22(21)28-24(30)20-12-14-29(15-13-20)26(32)23-7-4-16-33-23/h2-11,16,20H,12-15,17H2,1H3,(H,27,31)(H,28,30). The maximum absolute atomic E-state index is 12.9. The third-order valence-corrected chi connectivity index (χ3v) is 5.89. The van der Waals surface area contributed by atoms with Crippen LogP contribution < -0.4 is 10.6 Å². The maximum Gasteiger partial charge on any atom is 0.289 e. The van der Waals surface area contributed by atoms with Crippen LogP contribution in [-0.4, -0.2) is 35.7 Å². The molecule has 0 saturated carbocycles. The first kappa shape index (κ1) is 22.3. The third kappa shape index (κ3) is 5.49. The quantitative estimate of drug-likeness (QED) is 0.600. The van der Waals surface area contributed by atoms with Gasteiger partial charge >= 0.3 is 0 Å². The first-order chi connectivity index (χ1) is 16.0. The van der Waals surface area contributed by atoms with Gasteiger partial charge in [-0.2, -0.15) is 0 Å². The number of carbonyl (C=O) groups is 3. The van der Waals surface area contributed by atoms with E-state index < -0.39 is 0 Å². The average Bonchev–Trinajstić information content (AvgIpc) is 3.38. The normalized spacial score (nSPS) is 14.0. The van der Waals surface area contributed by atoms with Crippen molar-refractivity contribution in [2.75, 3.05) is 18.4 Å². The van der Waals surface area contributed by atoms with Crippen LogP contribution in [0.5, 0.6) is 0 Å². The lowest BCUT2D eigenvalue weighted by Gasteiger charge is -2.30. The van der Waals surface area contributed by atoms with Gasteiger partial charge in [0, 0.05) is 25.6 Å². The monoisotopic (exact) mass is 445 g/mol. The van der Waals surface area contributed by atoms with Crippen molar-refractivity contribution in [3.05, 3.63) is 89.4 Å². The molecule has 1 aromatic heterocycles. The lowest BCUT2D eigenvalue weighted by Crippen LogP contribution is -2.41. The summed E-state index contributed by atoms with van der Waals surface area (Å²) in [4.78, 5) is 39.8. The minimum absolute atomic E-state index is 0.140. The zero-order valence-electron chi connectivity index (χ0n) is 18.5. The van der Waals surface area contributed by atoms with E-state index in [9.17, 15) is 14.4 Å². The van der Waals surface area contributed by atoms with Crippen molar-refractivity contribution in [2.45, 2.75) is 26.3 Å². The SMILES string of the molecule is Cc1ccc(CNC(=O)c2ccccc2NC(=O)C2CCN(C(=O)c3ccco3)CC2)cc1. The van der Waals surface area contributed by atoms with Crippen LogP contribution in [0.1, 0.15) is 44.9 Å². The number of carbonyl (C=O) groups excluding carboxylic acids is 3. The Balaban J connectivity index is 1.33. The van der Waals surface area contributed by atoms with E-state index in [1.165, 1.54) is 6.26 Å². The topological polar surface area (TPSA) is 91.7 Å². The molecule has 0 aliphatic carbocycles. The van der Waals surface area contributed by atoms with Gasteiger partial charge in [-0.3, -0.25) is 14.4 Å². The first-order valence-corrected chi connectivity index (χ1v) is 11.1. The average molecular weight is 446 g/mol. The fourth-order valence-electron chi connectivity index (χ4n) is 3.91. The highest BCUT2D eigenvalue weighted by molar-refractivity contribution is 6.04. The number of nitrogens with zero attached hydrogens (tertiary/aromatic N) is 1. The molecule has 7 heteroatoms. The van der Waals surface area contributed by atoms with Crippen LogP contribution in [-0.2, 0) is 11.3 Å². The van der Waals surface area contributed by atoms with Crippen molar-refractivity contribution in [3.8, 4) is 0 Å². The lowest BCUT2D eigenvalue weighted by atomic mass is 9.95. The molecule has 3 aromatic rings. The van der Waals surface area contributed by atoms with Crippen LogP contribution in [0.4, 0.5) is 5.69 Å². The minimum Gasteiger partial charge on any atom is -0.459 e. The molecule has 0 atom stereocenters. The summed E-state index contributed by atoms with van der Waals surface area (Å²) in [6.07, 6.45) is 2.59. The molecule has 33 heavy (non-hydrogen) atoms. The molecule has 1 fully saturated rings. The largest absolute Gasteiger partial charge is 0.459 e. The highest BCUT2D eigenvalue weighted by Gasteiger charge is 2.29. The second-order valence-corrected chi connectivity index (χ2v) is 8.25. The Hall–Kier alpha value is -3.87. The molecule has 3 amide bonds. The van der Waals surface area contributed by atoms with E-state index in [0.717, 1.165) is 11.1 Å². The lowest BCUT2D eigenvalue weighted by molar-refractivity contribution is -0.121. The summed E-state index contributed by atoms with van der Waals surface area (Å²) in [6.45, 7) is 3.39. The molecule has 2 N–H and O–H groups in total. The van der Waals surface area contributed by atoms with Gasteiger partial charge in [-0.05, 0) is 49.6 Å². The second kappa shape index (κ2) is 10.2. The van der Waals surface area contributed by atoms with Crippen molar-refractivity contribution in [3.63, 3.8) is 0 Å². The zero-order chi connectivity index (χ0) is 23.2. The zero-order valence-corrected chi connectivity index (χ0v) is 18.5. The fraction of sp³-hybridized carbons (Fsp3) is 0.269. The predicted molar refractivity (Wildman–Crippen MR) is 125 cm³/mol. The smallest absolute Gasteiger partial charge is 0.289 e. The molecule has 0 unspecified atom stereocenters. The summed E-state index contributed by atoms with van der Waals surface area (Å²) in [5.41, 5.74) is 3.07. The summed E-state index contributed by atoms with van der Waals surface area (Å²) in [5, 5.41) is 5.83. The predicted octanol–water partition coefficient (Wildman–Crippen LogP) is 4.01. The first-order valence-electron chi connectivity index (χ1n) is 11.1. The fourth-order valence-corrected chi connectivity index (χ4v) is 3.91. The van der Waals surface area contributed by atoms with Crippen molar-refractivity contribution >= 4 is 23.4 Å². The Morgan fingerprint density at radius 3 is 2.39 bits per heavy atom. The minimum atomic E-state index is -0.245. The van der Waals surface area contributed by atoms with Gasteiger partial charge in [0.2, 0.25) is 5.91 Å². The molecule has 0 radical (unpaired) electrons. The Morgan fingerprint density at radius 1 is 0.970 bits per heavy atom. The Bertz CT molecular complexity index is 1110. The number of aryl methyl sites for hydroxylation is 1. The van der Waals surface area contributed by atoms with Crippen molar-refractivity contribution in [1.82, 2.24) is 10.2 Å². The van der Waals surface area contributed by atoms with Gasteiger partial charge < -0.3 is 20.0 Å². The van der Waals surface area contributed by atoms with Gasteiger partial charge in [-0.25, -0.2) is 0 Å². The molecule has 2 aromatic carbocycles. The van der Waals surface area contributed by atoms with E-state index in [2.05, 4.69) is 10.6 Å². The van der Waals surface area contributed by atoms with Crippen LogP contribution in [0.3, 0.4) is 0 Å². The molecule has 1 saturated heterocycles. The summed E-state index contributed by atoms with van der Waals surface area (Å²) in [5.74, 6) is -0.462. The van der Waals surface area contributed by atoms with Crippen molar-refractivity contribution < 1.29 is 18.8 Å². The molecule has 170 valence electrons. The number of anilines is 1. The highest BCUT2D eigenvalue weighted by Crippen LogP contribution is 2.23. The second-order valence-electron chi connectivity index (χ2n) is 8.25. The van der Waals surface area contributed by atoms with Crippen molar-refractivity contribution in [2.24, 2.45) is 5.92 Å². The van der Waals surface area contributed by atoms with E-state index >= 15 is 0 Å². The number of likely N-dealkylation sites (tertiary alicyclic amines) is 1. The Labute approximate surface area is 192 Å². The summed E-state index contributed by atoms with van der Waals surface area (Å²) in [6, 6.07) is 18.3. The molecule has 7 nitrogen and oxygen atoms in total. The summed E-state index contributed by atoms with van der Waals surface area (Å²) >= 11 is 0. The van der Waals surface area contributed by atoms with Crippen LogP contribution >= 0.6 is 0 Å². The maximum atomic E-state index is 12.9. The number of hydrogen-bond donors (Lipinski definition) is 2. The van der Waals surface area contributed by atoms with E-state index in [1.807, 2.05) is 31.2 Å². The van der Waals surface area contributed by atoms with Gasteiger partial charge in [0.15, 0.2) is 5.76 Å². The van der Waals surface area contributed by atoms with Crippen LogP contribution in [0.25, 0.3) is 0 Å². The van der Waals surface area contributed by atoms with E-state index in [1.54, 1.807) is 41.3 Å². The Kier molecular flexibility index (Phi) is 6.88. The summed E-state index contributed by atoms with van der Waals surface area (Å²) in [7, 11) is 0. The van der Waals surface area contributed by atoms with Gasteiger partial charge in [-0.15, -0.1) is 0 Å². The number of benzene rings is 2. The molecule has 1 aliphatic heterocycles. The molecule has 4 rings (SSSR count). The van der Waals surface area contributed by atoms with Crippen LogP contribution in [0.15, 0.2) is 71.3 Å². The van der Waals surface area contributed by atoms with Gasteiger partial charge in [0.1, 0.15) is 0 Å². The molecular weight excluding hydrogens is 418 g/mol. The van der Waals surface area contributed by atoms with Crippen LogP contribution in [0.2, 0.25) is 0 Å². The number of nitrogens with one attached hydrogen (secondary N) is 2. The van der Waals surface area contributed by atoms with Gasteiger partial charge in [-0.1, -0.05) is 42.0 Å². The van der Waals surface area contributed by atoms with Gasteiger partial charge in [0.05, 0.1) is 17.5 Å². The number of rotatable bonds is 6. The highest BCUT2D eigenvalue weighted by atomic mass is 16.3. The van der Waals surface area contributed by atoms with Crippen molar-refractivity contribution in [1.29, 1.82) is 0 Å². The third-order valence-electron chi connectivity index (χ3n) is 5.89. The number of para-hydroxylation sites is 1. The molecular formula is C26H27N3O4. The number of furan rings is 1. The number of piperidine rings is 1. The van der Waals surface area contributed by atoms with E-state index in [-0.39, 0.29) is 23.6 Å². The molecule has 0 bridgehead atoms. The van der Waals surface area contributed by atoms with E-state index in [0.29, 0.717) is 49.5 Å². The van der Waals surface area contributed by atoms with Crippen LogP contribution in [0, 0.1) is 12.8 Å². The number of amides is 3.